The summed E-state index contributed by atoms with van der Waals surface area (Å²) in [5.74, 6) is -0.940. The second-order valence-electron chi connectivity index (χ2n) is 7.83. The molecule has 4 rings (SSSR count). The number of amides is 1. The number of rotatable bonds is 3. The third-order valence-corrected chi connectivity index (χ3v) is 6.61. The van der Waals surface area contributed by atoms with E-state index in [1.54, 1.807) is 0 Å². The maximum absolute atomic E-state index is 13.1. The van der Waals surface area contributed by atoms with Gasteiger partial charge in [-0.3, -0.25) is 9.59 Å². The average Bonchev–Trinajstić information content (AvgIpc) is 3.00. The Labute approximate surface area is 167 Å². The molecule has 1 aliphatic heterocycles. The molecule has 4 nitrogen and oxygen atoms in total. The molecule has 2 aliphatic rings. The Balaban J connectivity index is 1.54. The molecule has 0 saturated heterocycles. The molecule has 2 aromatic carbocycles. The number of nitrogens with zero attached hydrogens (tertiary/aromatic N) is 1. The fourth-order valence-electron chi connectivity index (χ4n) is 4.43. The molecule has 0 spiro atoms. The Morgan fingerprint density at radius 3 is 2.44 bits per heavy atom. The lowest BCUT2D eigenvalue weighted by molar-refractivity contribution is -0.153. The number of carbonyl (C=O) groups is 2. The number of carboxylic acids is 1. The molecule has 0 unspecified atom stereocenters. The van der Waals surface area contributed by atoms with E-state index < -0.39 is 11.4 Å². The third kappa shape index (κ3) is 3.29. The van der Waals surface area contributed by atoms with Crippen LogP contribution in [0.2, 0.25) is 0 Å². The van der Waals surface area contributed by atoms with Crippen molar-refractivity contribution in [1.82, 2.24) is 4.90 Å². The summed E-state index contributed by atoms with van der Waals surface area (Å²) < 4.78 is 1.02. The van der Waals surface area contributed by atoms with Crippen molar-refractivity contribution in [1.29, 1.82) is 0 Å². The first kappa shape index (κ1) is 18.2. The molecule has 1 aliphatic carbocycles. The van der Waals surface area contributed by atoms with Gasteiger partial charge < -0.3 is 10.0 Å². The number of benzene rings is 2. The van der Waals surface area contributed by atoms with Crippen LogP contribution in [0.5, 0.6) is 0 Å². The van der Waals surface area contributed by atoms with E-state index in [4.69, 9.17) is 0 Å². The summed E-state index contributed by atoms with van der Waals surface area (Å²) >= 11 is 3.62. The molecule has 1 heterocycles. The van der Waals surface area contributed by atoms with E-state index in [0.29, 0.717) is 25.9 Å². The largest absolute Gasteiger partial charge is 0.481 e. The molecular weight excluding hydrogens is 406 g/mol. The fraction of sp³-hybridized carbons (Fsp3) is 0.364. The van der Waals surface area contributed by atoms with Gasteiger partial charge in [-0.15, -0.1) is 0 Å². The third-order valence-electron chi connectivity index (χ3n) is 5.90. The predicted molar refractivity (Wildman–Crippen MR) is 107 cm³/mol. The average molecular weight is 428 g/mol. The monoisotopic (exact) mass is 427 g/mol. The maximum atomic E-state index is 13.1. The lowest BCUT2D eigenvalue weighted by Crippen LogP contribution is -2.42. The van der Waals surface area contributed by atoms with Crippen molar-refractivity contribution in [3.05, 3.63) is 68.7 Å². The molecule has 0 fully saturated rings. The van der Waals surface area contributed by atoms with Crippen LogP contribution in [0, 0.1) is 12.3 Å². The highest BCUT2D eigenvalue weighted by atomic mass is 79.9. The summed E-state index contributed by atoms with van der Waals surface area (Å²) in [5.41, 5.74) is 4.69. The SMILES string of the molecule is Cc1cc(Br)c2c(c1)CCN(C(=O)CC1(C(=O)O)Cc3ccccc3C1)C2. The molecule has 5 heteroatoms. The zero-order valence-electron chi connectivity index (χ0n) is 15.3. The zero-order chi connectivity index (χ0) is 19.2. The van der Waals surface area contributed by atoms with Gasteiger partial charge in [0, 0.05) is 24.0 Å². The van der Waals surface area contributed by atoms with Gasteiger partial charge in [0.25, 0.3) is 0 Å². The number of hydrogen-bond acceptors (Lipinski definition) is 2. The van der Waals surface area contributed by atoms with Gasteiger partial charge >= 0.3 is 5.97 Å². The number of carboxylic acid groups (broad SMARTS) is 1. The van der Waals surface area contributed by atoms with Crippen molar-refractivity contribution >= 4 is 27.8 Å². The van der Waals surface area contributed by atoms with E-state index >= 15 is 0 Å². The minimum absolute atomic E-state index is 0.0514. The number of halogens is 1. The van der Waals surface area contributed by atoms with Gasteiger partial charge in [0.15, 0.2) is 0 Å². The summed E-state index contributed by atoms with van der Waals surface area (Å²) in [5, 5.41) is 9.94. The summed E-state index contributed by atoms with van der Waals surface area (Å²) in [7, 11) is 0. The molecule has 0 aromatic heterocycles. The lowest BCUT2D eigenvalue weighted by Gasteiger charge is -2.33. The molecule has 0 atom stereocenters. The summed E-state index contributed by atoms with van der Waals surface area (Å²) in [6.45, 7) is 3.25. The van der Waals surface area contributed by atoms with Crippen LogP contribution < -0.4 is 0 Å². The lowest BCUT2D eigenvalue weighted by atomic mass is 9.80. The second-order valence-corrected chi connectivity index (χ2v) is 8.69. The Morgan fingerprint density at radius 1 is 1.15 bits per heavy atom. The van der Waals surface area contributed by atoms with Crippen LogP contribution in [0.15, 0.2) is 40.9 Å². The minimum atomic E-state index is -1.02. The van der Waals surface area contributed by atoms with Crippen LogP contribution in [0.3, 0.4) is 0 Å². The smallest absolute Gasteiger partial charge is 0.310 e. The molecule has 27 heavy (non-hydrogen) atoms. The highest BCUT2D eigenvalue weighted by Gasteiger charge is 2.46. The van der Waals surface area contributed by atoms with Crippen molar-refractivity contribution in [3.63, 3.8) is 0 Å². The highest BCUT2D eigenvalue weighted by molar-refractivity contribution is 9.10. The number of carbonyl (C=O) groups excluding carboxylic acids is 1. The molecule has 0 saturated carbocycles. The Bertz CT molecular complexity index is 912. The van der Waals surface area contributed by atoms with Crippen molar-refractivity contribution in [2.24, 2.45) is 5.41 Å². The Hall–Kier alpha value is -2.14. The van der Waals surface area contributed by atoms with Gasteiger partial charge in [-0.1, -0.05) is 46.3 Å². The zero-order valence-corrected chi connectivity index (χ0v) is 16.9. The summed E-state index contributed by atoms with van der Waals surface area (Å²) in [6, 6.07) is 12.1. The summed E-state index contributed by atoms with van der Waals surface area (Å²) in [4.78, 5) is 27.0. The van der Waals surface area contributed by atoms with Crippen LogP contribution in [-0.4, -0.2) is 28.4 Å². The molecule has 1 amide bonds. The van der Waals surface area contributed by atoms with Gasteiger partial charge in [-0.2, -0.15) is 0 Å². The number of aryl methyl sites for hydroxylation is 1. The van der Waals surface area contributed by atoms with E-state index in [1.165, 1.54) is 11.1 Å². The first-order valence-corrected chi connectivity index (χ1v) is 10.0. The molecule has 1 N–H and O–H groups in total. The van der Waals surface area contributed by atoms with Gasteiger partial charge in [0.05, 0.1) is 5.41 Å². The first-order chi connectivity index (χ1) is 12.9. The number of aliphatic carboxylic acids is 1. The van der Waals surface area contributed by atoms with E-state index in [2.05, 4.69) is 35.0 Å². The molecular formula is C22H22BrNO3. The van der Waals surface area contributed by atoms with Crippen LogP contribution >= 0.6 is 15.9 Å². The van der Waals surface area contributed by atoms with E-state index in [1.807, 2.05) is 29.2 Å². The molecule has 0 radical (unpaired) electrons. The van der Waals surface area contributed by atoms with Crippen molar-refractivity contribution in [3.8, 4) is 0 Å². The Morgan fingerprint density at radius 2 is 1.81 bits per heavy atom. The normalized spacial score (nSPS) is 17.3. The van der Waals surface area contributed by atoms with Gasteiger partial charge in [-0.05, 0) is 60.1 Å². The summed E-state index contributed by atoms with van der Waals surface area (Å²) in [6.07, 6.45) is 1.71. The minimum Gasteiger partial charge on any atom is -0.481 e. The topological polar surface area (TPSA) is 57.6 Å². The van der Waals surface area contributed by atoms with Gasteiger partial charge in [0.1, 0.15) is 0 Å². The first-order valence-electron chi connectivity index (χ1n) is 9.24. The van der Waals surface area contributed by atoms with Crippen LogP contribution in [0.1, 0.15) is 34.2 Å². The standard InChI is InChI=1S/C22H22BrNO3/c1-14-8-15-6-7-24(13-18(15)19(23)9-14)20(25)12-22(21(26)27)10-16-4-2-3-5-17(16)11-22/h2-5,8-9H,6-7,10-13H2,1H3,(H,26,27). The predicted octanol–water partition coefficient (Wildman–Crippen LogP) is 3.90. The number of hydrogen-bond donors (Lipinski definition) is 1. The molecule has 140 valence electrons. The molecule has 0 bridgehead atoms. The second kappa shape index (κ2) is 6.79. The van der Waals surface area contributed by atoms with Crippen molar-refractivity contribution in [2.75, 3.05) is 6.54 Å². The fourth-order valence-corrected chi connectivity index (χ4v) is 5.17. The maximum Gasteiger partial charge on any atom is 0.310 e. The van der Waals surface area contributed by atoms with Crippen LogP contribution in [-0.2, 0) is 35.4 Å². The Kier molecular flexibility index (Phi) is 4.58. The van der Waals surface area contributed by atoms with Crippen LogP contribution in [0.25, 0.3) is 0 Å². The van der Waals surface area contributed by atoms with Gasteiger partial charge in [-0.25, -0.2) is 0 Å². The quantitative estimate of drug-likeness (QED) is 0.807. The van der Waals surface area contributed by atoms with Crippen molar-refractivity contribution < 1.29 is 14.7 Å². The van der Waals surface area contributed by atoms with Gasteiger partial charge in [0.2, 0.25) is 5.91 Å². The van der Waals surface area contributed by atoms with Crippen molar-refractivity contribution in [2.45, 2.75) is 39.2 Å². The molecule has 2 aromatic rings. The number of fused-ring (bicyclic) bond motifs is 2. The van der Waals surface area contributed by atoms with Crippen LogP contribution in [0.4, 0.5) is 0 Å². The van der Waals surface area contributed by atoms with E-state index in [0.717, 1.165) is 27.6 Å². The van der Waals surface area contributed by atoms with E-state index in [-0.39, 0.29) is 12.3 Å². The highest BCUT2D eigenvalue weighted by Crippen LogP contribution is 2.41. The van der Waals surface area contributed by atoms with E-state index in [9.17, 15) is 14.7 Å².